The molecule has 4 saturated heterocycles. The minimum Gasteiger partial charge on any atom is -0.346 e. The van der Waals surface area contributed by atoms with E-state index in [4.69, 9.17) is 0 Å². The normalized spacial score (nSPS) is 28.1. The number of amides is 2. The van der Waals surface area contributed by atoms with Crippen LogP contribution in [0.1, 0.15) is 23.3 Å². The van der Waals surface area contributed by atoms with Crippen LogP contribution in [0.15, 0.2) is 18.3 Å². The monoisotopic (exact) mass is 399 g/mol. The van der Waals surface area contributed by atoms with Crippen molar-refractivity contribution in [2.24, 2.45) is 5.92 Å². The van der Waals surface area contributed by atoms with Crippen molar-refractivity contribution < 1.29 is 9.59 Å². The predicted octanol–water partition coefficient (Wildman–Crippen LogP) is 1.40. The van der Waals surface area contributed by atoms with Gasteiger partial charge < -0.3 is 15.1 Å². The number of likely N-dealkylation sites (N-methyl/N-ethyl adjacent to an activating group) is 1. The molecule has 2 bridgehead atoms. The number of aromatic nitrogens is 1. The minimum absolute atomic E-state index is 0.0914. The van der Waals surface area contributed by atoms with Gasteiger partial charge in [0.2, 0.25) is 5.91 Å². The largest absolute Gasteiger partial charge is 0.346 e. The zero-order valence-corrected chi connectivity index (χ0v) is 16.9. The molecule has 4 aliphatic heterocycles. The molecule has 0 radical (unpaired) electrons. The van der Waals surface area contributed by atoms with Gasteiger partial charge in [-0.05, 0) is 51.0 Å². The molecule has 2 aromatic heterocycles. The van der Waals surface area contributed by atoms with Gasteiger partial charge in [0.25, 0.3) is 5.91 Å². The summed E-state index contributed by atoms with van der Waals surface area (Å²) in [5, 5.41) is 5.12. The fourth-order valence-corrected chi connectivity index (χ4v) is 5.69. The van der Waals surface area contributed by atoms with Gasteiger partial charge in [0, 0.05) is 42.0 Å². The molecular formula is C20H25N5O2S. The molecule has 0 saturated carbocycles. The molecule has 6 heterocycles. The van der Waals surface area contributed by atoms with Gasteiger partial charge in [-0.2, -0.15) is 0 Å². The summed E-state index contributed by atoms with van der Waals surface area (Å²) in [7, 11) is 1.96. The number of carbonyl (C=O) groups excluding carboxylic acids is 2. The van der Waals surface area contributed by atoms with Crippen LogP contribution >= 0.6 is 11.3 Å². The number of thiophene rings is 1. The summed E-state index contributed by atoms with van der Waals surface area (Å²) in [4.78, 5) is 35.8. The standard InChI is InChI=1S/C20H25N5O2S/c1-23-6-7-25(18(26)12-23)19-8-14-10-21-15(9-17(14)28-19)20(27)22-16-11-24-4-2-13(16)3-5-24/h8-10,13,16H,2-7,11-12H2,1H3,(H,22,27). The first-order valence-electron chi connectivity index (χ1n) is 9.98. The second-order valence-electron chi connectivity index (χ2n) is 8.19. The summed E-state index contributed by atoms with van der Waals surface area (Å²) < 4.78 is 0.996. The lowest BCUT2D eigenvalue weighted by atomic mass is 9.84. The third kappa shape index (κ3) is 3.29. The van der Waals surface area contributed by atoms with Crippen LogP contribution in [-0.4, -0.2) is 79.0 Å². The smallest absolute Gasteiger partial charge is 0.270 e. The van der Waals surface area contributed by atoms with Gasteiger partial charge in [-0.25, -0.2) is 0 Å². The zero-order chi connectivity index (χ0) is 19.3. The number of piperidine rings is 3. The van der Waals surface area contributed by atoms with Crippen molar-refractivity contribution in [3.05, 3.63) is 24.0 Å². The van der Waals surface area contributed by atoms with E-state index < -0.39 is 0 Å². The number of rotatable bonds is 3. The van der Waals surface area contributed by atoms with E-state index in [2.05, 4.69) is 15.2 Å². The van der Waals surface area contributed by atoms with Crippen LogP contribution in [0.25, 0.3) is 10.1 Å². The van der Waals surface area contributed by atoms with Crippen LogP contribution in [0.5, 0.6) is 0 Å². The molecule has 1 atom stereocenters. The number of carbonyl (C=O) groups is 2. The van der Waals surface area contributed by atoms with Gasteiger partial charge in [-0.1, -0.05) is 0 Å². The lowest BCUT2D eigenvalue weighted by molar-refractivity contribution is -0.120. The number of fused-ring (bicyclic) bond motifs is 4. The van der Waals surface area contributed by atoms with Crippen molar-refractivity contribution in [1.82, 2.24) is 20.1 Å². The van der Waals surface area contributed by atoms with Gasteiger partial charge in [0.15, 0.2) is 0 Å². The van der Waals surface area contributed by atoms with Crippen LogP contribution in [0.4, 0.5) is 5.00 Å². The second kappa shape index (κ2) is 7.09. The summed E-state index contributed by atoms with van der Waals surface area (Å²) in [6, 6.07) is 4.10. The van der Waals surface area contributed by atoms with E-state index >= 15 is 0 Å². The maximum atomic E-state index is 12.8. The molecule has 28 heavy (non-hydrogen) atoms. The molecule has 2 aromatic rings. The van der Waals surface area contributed by atoms with Crippen molar-refractivity contribution >= 4 is 38.2 Å². The number of nitrogens with zero attached hydrogens (tertiary/aromatic N) is 4. The summed E-state index contributed by atoms with van der Waals surface area (Å²) in [5.41, 5.74) is 0.460. The minimum atomic E-state index is -0.0914. The van der Waals surface area contributed by atoms with E-state index in [1.807, 2.05) is 29.0 Å². The van der Waals surface area contributed by atoms with Crippen molar-refractivity contribution in [3.63, 3.8) is 0 Å². The molecule has 8 heteroatoms. The molecule has 1 N–H and O–H groups in total. The Morgan fingerprint density at radius 3 is 2.75 bits per heavy atom. The molecule has 148 valence electrons. The van der Waals surface area contributed by atoms with E-state index in [9.17, 15) is 9.59 Å². The van der Waals surface area contributed by atoms with Gasteiger partial charge >= 0.3 is 0 Å². The Morgan fingerprint density at radius 2 is 2.04 bits per heavy atom. The topological polar surface area (TPSA) is 68.8 Å². The Balaban J connectivity index is 1.33. The van der Waals surface area contributed by atoms with Crippen molar-refractivity contribution in [2.75, 3.05) is 51.2 Å². The molecular weight excluding hydrogens is 374 g/mol. The van der Waals surface area contributed by atoms with Crippen LogP contribution < -0.4 is 10.2 Å². The highest BCUT2D eigenvalue weighted by Crippen LogP contribution is 2.33. The Kier molecular flexibility index (Phi) is 4.57. The third-order valence-corrected chi connectivity index (χ3v) is 7.39. The van der Waals surface area contributed by atoms with Gasteiger partial charge in [-0.3, -0.25) is 19.5 Å². The first-order valence-corrected chi connectivity index (χ1v) is 10.8. The fourth-order valence-electron chi connectivity index (χ4n) is 4.57. The molecule has 0 aromatic carbocycles. The van der Waals surface area contributed by atoms with Crippen LogP contribution in [0.3, 0.4) is 0 Å². The predicted molar refractivity (Wildman–Crippen MR) is 110 cm³/mol. The fraction of sp³-hybridized carbons (Fsp3) is 0.550. The van der Waals surface area contributed by atoms with Gasteiger partial charge in [0.05, 0.1) is 11.5 Å². The summed E-state index contributed by atoms with van der Waals surface area (Å²) in [5.74, 6) is 0.620. The summed E-state index contributed by atoms with van der Waals surface area (Å²) in [6.45, 7) is 5.27. The zero-order valence-electron chi connectivity index (χ0n) is 16.1. The molecule has 4 fully saturated rings. The van der Waals surface area contributed by atoms with E-state index in [1.165, 1.54) is 12.8 Å². The van der Waals surface area contributed by atoms with E-state index in [0.29, 0.717) is 24.7 Å². The molecule has 4 aliphatic rings. The van der Waals surface area contributed by atoms with Gasteiger partial charge in [-0.15, -0.1) is 11.3 Å². The quantitative estimate of drug-likeness (QED) is 0.845. The molecule has 6 rings (SSSR count). The summed E-state index contributed by atoms with van der Waals surface area (Å²) in [6.07, 6.45) is 4.09. The number of piperazine rings is 1. The number of pyridine rings is 1. The van der Waals surface area contributed by atoms with Crippen LogP contribution in [-0.2, 0) is 4.79 Å². The molecule has 1 unspecified atom stereocenters. The Hall–Kier alpha value is -2.03. The van der Waals surface area contributed by atoms with Crippen molar-refractivity contribution in [2.45, 2.75) is 18.9 Å². The average Bonchev–Trinajstić information content (AvgIpc) is 3.11. The lowest BCUT2D eigenvalue weighted by Crippen LogP contribution is -2.57. The number of anilines is 1. The SMILES string of the molecule is CN1CCN(c2cc3cnc(C(=O)NC4CN5CCC4CC5)cc3s2)C(=O)C1. The highest BCUT2D eigenvalue weighted by atomic mass is 32.1. The Bertz CT molecular complexity index is 920. The molecule has 0 spiro atoms. The average molecular weight is 400 g/mol. The molecule has 2 amide bonds. The maximum Gasteiger partial charge on any atom is 0.270 e. The van der Waals surface area contributed by atoms with Crippen molar-refractivity contribution in [1.29, 1.82) is 0 Å². The first kappa shape index (κ1) is 18.0. The van der Waals surface area contributed by atoms with E-state index in [0.717, 1.165) is 41.3 Å². The van der Waals surface area contributed by atoms with Gasteiger partial charge in [0.1, 0.15) is 5.69 Å². The highest BCUT2D eigenvalue weighted by molar-refractivity contribution is 7.23. The third-order valence-electron chi connectivity index (χ3n) is 6.27. The highest BCUT2D eigenvalue weighted by Gasteiger charge is 2.35. The Labute approximate surface area is 168 Å². The van der Waals surface area contributed by atoms with Crippen molar-refractivity contribution in [3.8, 4) is 0 Å². The van der Waals surface area contributed by atoms with Crippen LogP contribution in [0.2, 0.25) is 0 Å². The second-order valence-corrected chi connectivity index (χ2v) is 9.26. The van der Waals surface area contributed by atoms with Crippen LogP contribution in [0, 0.1) is 5.92 Å². The van der Waals surface area contributed by atoms with E-state index in [-0.39, 0.29) is 17.9 Å². The van der Waals surface area contributed by atoms with E-state index in [1.54, 1.807) is 17.5 Å². The molecule has 7 nitrogen and oxygen atoms in total. The Morgan fingerprint density at radius 1 is 1.21 bits per heavy atom. The molecule has 0 aliphatic carbocycles. The summed E-state index contributed by atoms with van der Waals surface area (Å²) >= 11 is 1.56. The lowest BCUT2D eigenvalue weighted by Gasteiger charge is -2.44. The maximum absolute atomic E-state index is 12.8. The first-order chi connectivity index (χ1) is 13.6. The number of nitrogens with one attached hydrogen (secondary N) is 1. The number of hydrogen-bond acceptors (Lipinski definition) is 6. The number of hydrogen-bond donors (Lipinski definition) is 1.